The molecule has 1 aliphatic heterocycles. The highest BCUT2D eigenvalue weighted by molar-refractivity contribution is 7.12. The summed E-state index contributed by atoms with van der Waals surface area (Å²) in [6, 6.07) is 9.85. The van der Waals surface area contributed by atoms with Crippen LogP contribution in [0, 0.1) is 0 Å². The largest absolute Gasteiger partial charge is 0.405 e. The Bertz CT molecular complexity index is 956. The lowest BCUT2D eigenvalue weighted by atomic mass is 10.1. The van der Waals surface area contributed by atoms with Gasteiger partial charge in [0, 0.05) is 38.3 Å². The van der Waals surface area contributed by atoms with Crippen molar-refractivity contribution >= 4 is 29.1 Å². The molecule has 3 rings (SSSR count). The second-order valence-corrected chi connectivity index (χ2v) is 8.77. The van der Waals surface area contributed by atoms with Crippen LogP contribution in [0.3, 0.4) is 0 Å². The maximum atomic E-state index is 12.6. The van der Waals surface area contributed by atoms with Gasteiger partial charge in [-0.1, -0.05) is 18.2 Å². The van der Waals surface area contributed by atoms with Crippen LogP contribution >= 0.6 is 11.3 Å². The molecule has 0 spiro atoms. The Morgan fingerprint density at radius 1 is 1.03 bits per heavy atom. The molecule has 0 saturated carbocycles. The van der Waals surface area contributed by atoms with Crippen molar-refractivity contribution in [1.29, 1.82) is 0 Å². The number of carbonyl (C=O) groups excluding carboxylic acids is 3. The molecular formula is C22H25F3N4O3S. The van der Waals surface area contributed by atoms with Crippen LogP contribution in [0.2, 0.25) is 0 Å². The zero-order valence-corrected chi connectivity index (χ0v) is 18.9. The average molecular weight is 483 g/mol. The Labute approximate surface area is 193 Å². The lowest BCUT2D eigenvalue weighted by Gasteiger charge is -2.35. The fourth-order valence-corrected chi connectivity index (χ4v) is 4.15. The van der Waals surface area contributed by atoms with Crippen LogP contribution in [0.25, 0.3) is 0 Å². The van der Waals surface area contributed by atoms with Crippen LogP contribution in [-0.4, -0.2) is 84.9 Å². The molecule has 7 nitrogen and oxygen atoms in total. The number of piperazine rings is 1. The molecule has 11 heteroatoms. The molecule has 1 N–H and O–H groups in total. The van der Waals surface area contributed by atoms with E-state index in [1.165, 1.54) is 23.5 Å². The van der Waals surface area contributed by atoms with Crippen molar-refractivity contribution in [3.63, 3.8) is 0 Å². The lowest BCUT2D eigenvalue weighted by molar-refractivity contribution is -0.133. The number of thiophene rings is 1. The number of hydrogen-bond acceptors (Lipinski definition) is 5. The number of halogens is 3. The third-order valence-electron chi connectivity index (χ3n) is 5.17. The van der Waals surface area contributed by atoms with E-state index < -0.39 is 18.6 Å². The first-order valence-corrected chi connectivity index (χ1v) is 11.2. The highest BCUT2D eigenvalue weighted by atomic mass is 32.1. The standard InChI is InChI=1S/C22H25F3N4O3S/c1-27(13-16-4-6-17(7-5-16)20(31)26-15-22(23,24)25)14-19(30)28-8-10-29(11-9-28)21(32)18-3-2-12-33-18/h2-7,12H,8-11,13-15H2,1H3,(H,26,31). The molecule has 3 amide bonds. The minimum absolute atomic E-state index is 0.00949. The summed E-state index contributed by atoms with van der Waals surface area (Å²) in [7, 11) is 1.79. The molecule has 0 bridgehead atoms. The maximum absolute atomic E-state index is 12.6. The summed E-state index contributed by atoms with van der Waals surface area (Å²) in [5.41, 5.74) is 0.959. The first kappa shape index (κ1) is 24.7. The van der Waals surface area contributed by atoms with Gasteiger partial charge in [-0.3, -0.25) is 19.3 Å². The van der Waals surface area contributed by atoms with E-state index >= 15 is 0 Å². The Balaban J connectivity index is 1.43. The van der Waals surface area contributed by atoms with Crippen molar-refractivity contribution < 1.29 is 27.6 Å². The van der Waals surface area contributed by atoms with E-state index in [-0.39, 0.29) is 23.9 Å². The summed E-state index contributed by atoms with van der Waals surface area (Å²) in [5, 5.41) is 3.69. The number of likely N-dealkylation sites (N-methyl/N-ethyl adjacent to an activating group) is 1. The normalized spacial score (nSPS) is 14.5. The van der Waals surface area contributed by atoms with E-state index in [0.717, 1.165) is 5.56 Å². The number of carbonyl (C=O) groups is 3. The molecule has 1 aromatic heterocycles. The molecular weight excluding hydrogens is 457 g/mol. The van der Waals surface area contributed by atoms with E-state index in [9.17, 15) is 27.6 Å². The van der Waals surface area contributed by atoms with Crippen molar-refractivity contribution in [3.05, 3.63) is 57.8 Å². The highest BCUT2D eigenvalue weighted by Crippen LogP contribution is 2.15. The van der Waals surface area contributed by atoms with Crippen LogP contribution in [-0.2, 0) is 11.3 Å². The Kier molecular flexibility index (Phi) is 8.09. The lowest BCUT2D eigenvalue weighted by Crippen LogP contribution is -2.52. The fourth-order valence-electron chi connectivity index (χ4n) is 3.46. The molecule has 1 saturated heterocycles. The van der Waals surface area contributed by atoms with Crippen LogP contribution in [0.4, 0.5) is 13.2 Å². The van der Waals surface area contributed by atoms with Gasteiger partial charge in [-0.05, 0) is 36.2 Å². The summed E-state index contributed by atoms with van der Waals surface area (Å²) in [6.45, 7) is 1.18. The van der Waals surface area contributed by atoms with Crippen LogP contribution < -0.4 is 5.32 Å². The zero-order valence-electron chi connectivity index (χ0n) is 18.1. The molecule has 2 aromatic rings. The predicted molar refractivity (Wildman–Crippen MR) is 118 cm³/mol. The fraction of sp³-hybridized carbons (Fsp3) is 0.409. The topological polar surface area (TPSA) is 73.0 Å². The second-order valence-electron chi connectivity index (χ2n) is 7.82. The van der Waals surface area contributed by atoms with Crippen molar-refractivity contribution in [3.8, 4) is 0 Å². The molecule has 1 aromatic carbocycles. The number of amides is 3. The van der Waals surface area contributed by atoms with Gasteiger partial charge in [0.1, 0.15) is 6.54 Å². The number of alkyl halides is 3. The highest BCUT2D eigenvalue weighted by Gasteiger charge is 2.28. The first-order chi connectivity index (χ1) is 15.6. The predicted octanol–water partition coefficient (Wildman–Crippen LogP) is 2.46. The minimum Gasteiger partial charge on any atom is -0.343 e. The number of hydrogen-bond donors (Lipinski definition) is 1. The molecule has 0 radical (unpaired) electrons. The van der Waals surface area contributed by atoms with Crippen molar-refractivity contribution in [2.24, 2.45) is 0 Å². The zero-order chi connectivity index (χ0) is 24.0. The van der Waals surface area contributed by atoms with E-state index in [1.54, 1.807) is 35.0 Å². The smallest absolute Gasteiger partial charge is 0.343 e. The number of rotatable bonds is 7. The average Bonchev–Trinajstić information content (AvgIpc) is 3.32. The molecule has 1 fully saturated rings. The van der Waals surface area contributed by atoms with Crippen LogP contribution in [0.15, 0.2) is 41.8 Å². The van der Waals surface area contributed by atoms with Crippen LogP contribution in [0.1, 0.15) is 25.6 Å². The van der Waals surface area contributed by atoms with Gasteiger partial charge >= 0.3 is 6.18 Å². The monoisotopic (exact) mass is 482 g/mol. The summed E-state index contributed by atoms with van der Waals surface area (Å²) in [6.07, 6.45) is -4.46. The first-order valence-electron chi connectivity index (χ1n) is 10.4. The molecule has 178 valence electrons. The van der Waals surface area contributed by atoms with E-state index in [1.807, 2.05) is 21.7 Å². The number of benzene rings is 1. The molecule has 1 aliphatic rings. The Morgan fingerprint density at radius 3 is 2.24 bits per heavy atom. The van der Waals surface area contributed by atoms with Gasteiger partial charge in [0.15, 0.2) is 0 Å². The molecule has 0 aliphatic carbocycles. The summed E-state index contributed by atoms with van der Waals surface area (Å²) < 4.78 is 36.7. The van der Waals surface area contributed by atoms with Gasteiger partial charge in [0.05, 0.1) is 11.4 Å². The minimum atomic E-state index is -4.46. The van der Waals surface area contributed by atoms with Gasteiger partial charge in [-0.15, -0.1) is 11.3 Å². The van der Waals surface area contributed by atoms with Crippen molar-refractivity contribution in [2.75, 3.05) is 46.3 Å². The molecule has 2 heterocycles. The van der Waals surface area contributed by atoms with Gasteiger partial charge in [-0.2, -0.15) is 13.2 Å². The van der Waals surface area contributed by atoms with Gasteiger partial charge in [0.25, 0.3) is 11.8 Å². The second kappa shape index (κ2) is 10.8. The molecule has 0 unspecified atom stereocenters. The number of nitrogens with zero attached hydrogens (tertiary/aromatic N) is 3. The van der Waals surface area contributed by atoms with Crippen LogP contribution in [0.5, 0.6) is 0 Å². The SMILES string of the molecule is CN(CC(=O)N1CCN(C(=O)c2cccs2)CC1)Cc1ccc(C(=O)NCC(F)(F)F)cc1. The van der Waals surface area contributed by atoms with Crippen molar-refractivity contribution in [1.82, 2.24) is 20.0 Å². The van der Waals surface area contributed by atoms with E-state index in [4.69, 9.17) is 0 Å². The summed E-state index contributed by atoms with van der Waals surface area (Å²) in [4.78, 5) is 42.8. The molecule has 33 heavy (non-hydrogen) atoms. The quantitative estimate of drug-likeness (QED) is 0.658. The van der Waals surface area contributed by atoms with Gasteiger partial charge in [0.2, 0.25) is 5.91 Å². The third-order valence-corrected chi connectivity index (χ3v) is 6.03. The number of nitrogens with one attached hydrogen (secondary N) is 1. The van der Waals surface area contributed by atoms with E-state index in [0.29, 0.717) is 37.6 Å². The third kappa shape index (κ3) is 7.29. The van der Waals surface area contributed by atoms with Gasteiger partial charge < -0.3 is 15.1 Å². The Hall–Kier alpha value is -2.92. The summed E-state index contributed by atoms with van der Waals surface area (Å²) >= 11 is 1.40. The maximum Gasteiger partial charge on any atom is 0.405 e. The summed E-state index contributed by atoms with van der Waals surface area (Å²) in [5.74, 6) is -0.840. The van der Waals surface area contributed by atoms with Crippen molar-refractivity contribution in [2.45, 2.75) is 12.7 Å². The van der Waals surface area contributed by atoms with Gasteiger partial charge in [-0.25, -0.2) is 0 Å². The van der Waals surface area contributed by atoms with E-state index in [2.05, 4.69) is 0 Å². The molecule has 0 atom stereocenters. The Morgan fingerprint density at radius 2 is 1.67 bits per heavy atom.